The summed E-state index contributed by atoms with van der Waals surface area (Å²) in [7, 11) is 1.77. The summed E-state index contributed by atoms with van der Waals surface area (Å²) in [5, 5.41) is 8.83. The highest BCUT2D eigenvalue weighted by molar-refractivity contribution is 5.95. The number of hydrogen-bond donors (Lipinski definition) is 1. The molecule has 1 atom stereocenters. The van der Waals surface area contributed by atoms with Gasteiger partial charge in [0.2, 0.25) is 0 Å². The maximum Gasteiger partial charge on any atom is 0.335 e. The van der Waals surface area contributed by atoms with E-state index in [9.17, 15) is 9.59 Å². The van der Waals surface area contributed by atoms with Crippen LogP contribution in [0.1, 0.15) is 33.6 Å². The van der Waals surface area contributed by atoms with Gasteiger partial charge in [-0.2, -0.15) is 0 Å². The topological polar surface area (TPSA) is 66.8 Å². The Morgan fingerprint density at radius 3 is 2.50 bits per heavy atom. The third kappa shape index (κ3) is 3.57. The number of carboxylic acids is 1. The van der Waals surface area contributed by atoms with Crippen LogP contribution in [-0.2, 0) is 4.74 Å². The van der Waals surface area contributed by atoms with Crippen LogP contribution in [0.2, 0.25) is 0 Å². The minimum atomic E-state index is -0.989. The van der Waals surface area contributed by atoms with E-state index >= 15 is 0 Å². The van der Waals surface area contributed by atoms with E-state index in [-0.39, 0.29) is 11.5 Å². The Hall–Kier alpha value is -1.88. The molecule has 1 fully saturated rings. The van der Waals surface area contributed by atoms with Gasteiger partial charge in [0, 0.05) is 25.8 Å². The van der Waals surface area contributed by atoms with Crippen LogP contribution in [0.15, 0.2) is 24.3 Å². The highest BCUT2D eigenvalue weighted by atomic mass is 16.5. The van der Waals surface area contributed by atoms with E-state index < -0.39 is 5.97 Å². The van der Waals surface area contributed by atoms with E-state index in [0.29, 0.717) is 24.6 Å². The van der Waals surface area contributed by atoms with Gasteiger partial charge in [0.15, 0.2) is 0 Å². The van der Waals surface area contributed by atoms with Crippen molar-refractivity contribution in [3.05, 3.63) is 35.4 Å². The molecule has 0 aliphatic carbocycles. The fourth-order valence-electron chi connectivity index (χ4n) is 2.40. The average Bonchev–Trinajstić information content (AvgIpc) is 2.47. The smallest absolute Gasteiger partial charge is 0.335 e. The van der Waals surface area contributed by atoms with Gasteiger partial charge < -0.3 is 14.7 Å². The predicted molar refractivity (Wildman–Crippen MR) is 73.9 cm³/mol. The van der Waals surface area contributed by atoms with Crippen LogP contribution in [-0.4, -0.2) is 48.7 Å². The number of hydrogen-bond acceptors (Lipinski definition) is 3. The van der Waals surface area contributed by atoms with Gasteiger partial charge in [0.1, 0.15) is 0 Å². The monoisotopic (exact) mass is 277 g/mol. The Morgan fingerprint density at radius 2 is 1.95 bits per heavy atom. The van der Waals surface area contributed by atoms with E-state index in [0.717, 1.165) is 19.4 Å². The summed E-state index contributed by atoms with van der Waals surface area (Å²) in [5.41, 5.74) is 0.694. The number of carbonyl (C=O) groups is 2. The first-order valence-corrected chi connectivity index (χ1v) is 6.74. The highest BCUT2D eigenvalue weighted by Crippen LogP contribution is 2.16. The van der Waals surface area contributed by atoms with Crippen molar-refractivity contribution in [1.82, 2.24) is 4.90 Å². The number of carbonyl (C=O) groups excluding carboxylic acids is 1. The molecule has 2 rings (SSSR count). The van der Waals surface area contributed by atoms with Crippen LogP contribution in [0.5, 0.6) is 0 Å². The Morgan fingerprint density at radius 1 is 1.30 bits per heavy atom. The van der Waals surface area contributed by atoms with E-state index in [1.54, 1.807) is 24.1 Å². The first-order valence-electron chi connectivity index (χ1n) is 6.74. The summed E-state index contributed by atoms with van der Waals surface area (Å²) in [6, 6.07) is 6.01. The largest absolute Gasteiger partial charge is 0.478 e. The molecule has 1 N–H and O–H groups in total. The number of benzene rings is 1. The van der Waals surface area contributed by atoms with Gasteiger partial charge in [-0.3, -0.25) is 4.79 Å². The molecule has 0 spiro atoms. The number of amides is 1. The standard InChI is InChI=1S/C15H19NO4/c1-16(9-11-3-2-8-20-10-11)14(17)12-4-6-13(7-5-12)15(18)19/h4-7,11H,2-3,8-10H2,1H3,(H,18,19). The molecule has 1 aliphatic rings. The lowest BCUT2D eigenvalue weighted by atomic mass is 10.0. The zero-order valence-corrected chi connectivity index (χ0v) is 11.5. The van der Waals surface area contributed by atoms with E-state index in [2.05, 4.69) is 0 Å². The van der Waals surface area contributed by atoms with Crippen LogP contribution in [0.3, 0.4) is 0 Å². The van der Waals surface area contributed by atoms with Crippen LogP contribution in [0, 0.1) is 5.92 Å². The zero-order valence-electron chi connectivity index (χ0n) is 11.5. The molecule has 0 saturated carbocycles. The van der Waals surface area contributed by atoms with Crippen molar-refractivity contribution in [3.63, 3.8) is 0 Å². The summed E-state index contributed by atoms with van der Waals surface area (Å²) in [6.07, 6.45) is 2.12. The Kier molecular flexibility index (Phi) is 4.74. The van der Waals surface area contributed by atoms with Crippen molar-refractivity contribution in [2.45, 2.75) is 12.8 Å². The molecule has 20 heavy (non-hydrogen) atoms. The summed E-state index contributed by atoms with van der Waals surface area (Å²) in [4.78, 5) is 24.7. The fourth-order valence-corrected chi connectivity index (χ4v) is 2.40. The molecule has 108 valence electrons. The first-order chi connectivity index (χ1) is 9.58. The fraction of sp³-hybridized carbons (Fsp3) is 0.467. The molecule has 0 aromatic heterocycles. The molecule has 5 nitrogen and oxygen atoms in total. The lowest BCUT2D eigenvalue weighted by Gasteiger charge is -2.27. The molecule has 1 saturated heterocycles. The molecule has 0 bridgehead atoms. The molecule has 1 heterocycles. The third-order valence-electron chi connectivity index (χ3n) is 3.51. The van der Waals surface area contributed by atoms with Gasteiger partial charge in [0.25, 0.3) is 5.91 Å². The molecule has 1 aliphatic heterocycles. The molecular formula is C15H19NO4. The second-order valence-corrected chi connectivity index (χ2v) is 5.15. The second kappa shape index (κ2) is 6.52. The number of nitrogens with zero attached hydrogens (tertiary/aromatic N) is 1. The van der Waals surface area contributed by atoms with Gasteiger partial charge in [-0.1, -0.05) is 0 Å². The third-order valence-corrected chi connectivity index (χ3v) is 3.51. The normalized spacial score (nSPS) is 18.6. The van der Waals surface area contributed by atoms with Gasteiger partial charge >= 0.3 is 5.97 Å². The van der Waals surface area contributed by atoms with Crippen molar-refractivity contribution in [2.24, 2.45) is 5.92 Å². The Labute approximate surface area is 118 Å². The molecule has 1 aromatic carbocycles. The van der Waals surface area contributed by atoms with Crippen LogP contribution >= 0.6 is 0 Å². The molecule has 1 unspecified atom stereocenters. The number of rotatable bonds is 4. The van der Waals surface area contributed by atoms with Gasteiger partial charge in [-0.05, 0) is 43.0 Å². The number of ether oxygens (including phenoxy) is 1. The minimum Gasteiger partial charge on any atom is -0.478 e. The van der Waals surface area contributed by atoms with E-state index in [1.165, 1.54) is 12.1 Å². The van der Waals surface area contributed by atoms with Gasteiger partial charge in [0.05, 0.1) is 12.2 Å². The summed E-state index contributed by atoms with van der Waals surface area (Å²) in [5.74, 6) is -0.694. The lowest BCUT2D eigenvalue weighted by molar-refractivity contribution is 0.0388. The maximum atomic E-state index is 12.2. The van der Waals surface area contributed by atoms with Crippen LogP contribution in [0.25, 0.3) is 0 Å². The number of carboxylic acid groups (broad SMARTS) is 1. The summed E-state index contributed by atoms with van der Waals surface area (Å²) < 4.78 is 5.41. The molecule has 1 aromatic rings. The van der Waals surface area contributed by atoms with Crippen LogP contribution < -0.4 is 0 Å². The predicted octanol–water partition coefficient (Wildman–Crippen LogP) is 1.88. The highest BCUT2D eigenvalue weighted by Gasteiger charge is 2.19. The van der Waals surface area contributed by atoms with Crippen molar-refractivity contribution in [2.75, 3.05) is 26.8 Å². The number of aromatic carboxylic acids is 1. The molecule has 5 heteroatoms. The van der Waals surface area contributed by atoms with Crippen molar-refractivity contribution < 1.29 is 19.4 Å². The quantitative estimate of drug-likeness (QED) is 0.912. The average molecular weight is 277 g/mol. The second-order valence-electron chi connectivity index (χ2n) is 5.15. The Balaban J connectivity index is 1.96. The minimum absolute atomic E-state index is 0.0903. The van der Waals surface area contributed by atoms with Gasteiger partial charge in [-0.15, -0.1) is 0 Å². The Bertz CT molecular complexity index is 477. The summed E-state index contributed by atoms with van der Waals surface area (Å²) in [6.45, 7) is 2.18. The lowest BCUT2D eigenvalue weighted by Crippen LogP contribution is -2.35. The summed E-state index contributed by atoms with van der Waals surface area (Å²) >= 11 is 0. The molecule has 1 amide bonds. The maximum absolute atomic E-state index is 12.2. The molecular weight excluding hydrogens is 258 g/mol. The van der Waals surface area contributed by atoms with E-state index in [1.807, 2.05) is 0 Å². The van der Waals surface area contributed by atoms with E-state index in [4.69, 9.17) is 9.84 Å². The van der Waals surface area contributed by atoms with Crippen molar-refractivity contribution in [1.29, 1.82) is 0 Å². The SMILES string of the molecule is CN(CC1CCCOC1)C(=O)c1ccc(C(=O)O)cc1. The van der Waals surface area contributed by atoms with Crippen LogP contribution in [0.4, 0.5) is 0 Å². The van der Waals surface area contributed by atoms with Crippen molar-refractivity contribution >= 4 is 11.9 Å². The van der Waals surface area contributed by atoms with Crippen molar-refractivity contribution in [3.8, 4) is 0 Å². The first kappa shape index (κ1) is 14.5. The molecule has 0 radical (unpaired) electrons. The van der Waals surface area contributed by atoms with Gasteiger partial charge in [-0.25, -0.2) is 4.79 Å². The zero-order chi connectivity index (χ0) is 14.5.